The van der Waals surface area contributed by atoms with Gasteiger partial charge in [-0.1, -0.05) is 0 Å². The van der Waals surface area contributed by atoms with E-state index in [0.29, 0.717) is 6.54 Å². The Labute approximate surface area is 103 Å². The molecule has 2 rings (SSSR count). The molecule has 8 heteroatoms. The molecule has 2 aromatic heterocycles. The maximum Gasteiger partial charge on any atom is 0.264 e. The normalized spacial score (nSPS) is 11.9. The fourth-order valence-electron chi connectivity index (χ4n) is 1.48. The van der Waals surface area contributed by atoms with Gasteiger partial charge >= 0.3 is 0 Å². The highest BCUT2D eigenvalue weighted by molar-refractivity contribution is 8.13. The number of imidazole rings is 1. The first kappa shape index (κ1) is 12.1. The average molecular weight is 275 g/mol. The van der Waals surface area contributed by atoms with Crippen molar-refractivity contribution < 1.29 is 8.42 Å². The number of aryl methyl sites for hydroxylation is 1. The fourth-order valence-corrected chi connectivity index (χ4v) is 2.14. The van der Waals surface area contributed by atoms with E-state index in [1.165, 1.54) is 17.1 Å². The summed E-state index contributed by atoms with van der Waals surface area (Å²) >= 11 is 0. The highest BCUT2D eigenvalue weighted by atomic mass is 35.7. The molecule has 0 aromatic carbocycles. The van der Waals surface area contributed by atoms with Crippen LogP contribution in [0.4, 0.5) is 0 Å². The van der Waals surface area contributed by atoms with Crippen LogP contribution in [-0.2, 0) is 22.1 Å². The van der Waals surface area contributed by atoms with Gasteiger partial charge in [-0.05, 0) is 6.92 Å². The summed E-state index contributed by atoms with van der Waals surface area (Å²) in [6, 6.07) is 0. The molecule has 17 heavy (non-hydrogen) atoms. The summed E-state index contributed by atoms with van der Waals surface area (Å²) in [6.45, 7) is 3.22. The third kappa shape index (κ3) is 2.67. The third-order valence-corrected chi connectivity index (χ3v) is 3.65. The molecule has 0 saturated carbocycles. The van der Waals surface area contributed by atoms with Gasteiger partial charge in [0.1, 0.15) is 10.7 Å². The Balaban J connectivity index is 2.23. The fraction of sp³-hybridized carbons (Fsp3) is 0.333. The lowest BCUT2D eigenvalue weighted by Gasteiger charge is -2.04. The van der Waals surface area contributed by atoms with E-state index in [1.54, 1.807) is 6.20 Å². The standard InChI is InChI=1S/C9H11ClN4O2S/c1-2-13-4-3-11-9(13)7-14-6-8(5-12-14)17(10,15)16/h3-6H,2,7H2,1H3. The van der Waals surface area contributed by atoms with Crippen molar-refractivity contribution in [1.29, 1.82) is 0 Å². The van der Waals surface area contributed by atoms with E-state index < -0.39 is 9.05 Å². The molecule has 0 N–H and O–H groups in total. The first-order valence-electron chi connectivity index (χ1n) is 4.98. The second-order valence-electron chi connectivity index (χ2n) is 3.44. The zero-order chi connectivity index (χ0) is 12.5. The molecule has 0 atom stereocenters. The predicted molar refractivity (Wildman–Crippen MR) is 62.3 cm³/mol. The Morgan fingerprint density at radius 2 is 2.24 bits per heavy atom. The third-order valence-electron chi connectivity index (χ3n) is 2.34. The number of rotatable bonds is 4. The molecule has 0 aliphatic heterocycles. The number of hydrogen-bond donors (Lipinski definition) is 0. The van der Waals surface area contributed by atoms with Crippen LogP contribution in [0.2, 0.25) is 0 Å². The molecular formula is C9H11ClN4O2S. The lowest BCUT2D eigenvalue weighted by molar-refractivity contribution is 0.602. The van der Waals surface area contributed by atoms with Crippen LogP contribution in [-0.4, -0.2) is 27.7 Å². The van der Waals surface area contributed by atoms with Crippen LogP contribution in [0.5, 0.6) is 0 Å². The van der Waals surface area contributed by atoms with Gasteiger partial charge in [0, 0.05) is 35.8 Å². The molecule has 0 unspecified atom stereocenters. The van der Waals surface area contributed by atoms with Gasteiger partial charge in [-0.2, -0.15) is 5.10 Å². The highest BCUT2D eigenvalue weighted by Crippen LogP contribution is 2.13. The monoisotopic (exact) mass is 274 g/mol. The molecule has 2 heterocycles. The molecule has 0 aliphatic carbocycles. The van der Waals surface area contributed by atoms with Gasteiger partial charge in [0.05, 0.1) is 12.7 Å². The summed E-state index contributed by atoms with van der Waals surface area (Å²) in [5.41, 5.74) is 0. The van der Waals surface area contributed by atoms with Crippen molar-refractivity contribution >= 4 is 19.7 Å². The van der Waals surface area contributed by atoms with Gasteiger partial charge in [-0.15, -0.1) is 0 Å². The second-order valence-corrected chi connectivity index (χ2v) is 6.01. The maximum absolute atomic E-state index is 11.1. The SMILES string of the molecule is CCn1ccnc1Cn1cc(S(=O)(=O)Cl)cn1. The Bertz CT molecular complexity index is 616. The Kier molecular flexibility index (Phi) is 3.21. The van der Waals surface area contributed by atoms with Gasteiger partial charge in [0.15, 0.2) is 0 Å². The van der Waals surface area contributed by atoms with Crippen molar-refractivity contribution in [3.63, 3.8) is 0 Å². The smallest absolute Gasteiger partial charge is 0.264 e. The van der Waals surface area contributed by atoms with Gasteiger partial charge in [0.2, 0.25) is 0 Å². The van der Waals surface area contributed by atoms with Crippen molar-refractivity contribution in [2.45, 2.75) is 24.9 Å². The van der Waals surface area contributed by atoms with Crippen LogP contribution in [0, 0.1) is 0 Å². The number of halogens is 1. The average Bonchev–Trinajstić information content (AvgIpc) is 2.86. The van der Waals surface area contributed by atoms with Gasteiger partial charge in [-0.3, -0.25) is 4.68 Å². The van der Waals surface area contributed by atoms with E-state index in [0.717, 1.165) is 12.4 Å². The van der Waals surface area contributed by atoms with Crippen molar-refractivity contribution in [1.82, 2.24) is 19.3 Å². The molecule has 0 saturated heterocycles. The zero-order valence-corrected chi connectivity index (χ0v) is 10.7. The van der Waals surface area contributed by atoms with Crippen molar-refractivity contribution in [3.05, 3.63) is 30.6 Å². The lowest BCUT2D eigenvalue weighted by atomic mass is 10.5. The van der Waals surface area contributed by atoms with E-state index in [4.69, 9.17) is 10.7 Å². The molecule has 0 aliphatic rings. The molecule has 92 valence electrons. The minimum absolute atomic E-state index is 0.00577. The molecule has 2 aromatic rings. The van der Waals surface area contributed by atoms with Gasteiger partial charge in [-0.25, -0.2) is 13.4 Å². The molecule has 0 amide bonds. The molecular weight excluding hydrogens is 264 g/mol. The molecule has 6 nitrogen and oxygen atoms in total. The lowest BCUT2D eigenvalue weighted by Crippen LogP contribution is -2.07. The van der Waals surface area contributed by atoms with Crippen LogP contribution >= 0.6 is 10.7 Å². The Morgan fingerprint density at radius 3 is 2.82 bits per heavy atom. The summed E-state index contributed by atoms with van der Waals surface area (Å²) in [5.74, 6) is 0.814. The largest absolute Gasteiger partial charge is 0.334 e. The van der Waals surface area contributed by atoms with E-state index in [2.05, 4.69) is 10.1 Å². The summed E-state index contributed by atoms with van der Waals surface area (Å²) < 4.78 is 25.6. The van der Waals surface area contributed by atoms with Crippen molar-refractivity contribution in [3.8, 4) is 0 Å². The zero-order valence-electron chi connectivity index (χ0n) is 9.12. The predicted octanol–water partition coefficient (Wildman–Crippen LogP) is 1.08. The minimum atomic E-state index is -3.71. The van der Waals surface area contributed by atoms with Crippen molar-refractivity contribution in [2.24, 2.45) is 0 Å². The number of aromatic nitrogens is 4. The van der Waals surface area contributed by atoms with Crippen LogP contribution in [0.25, 0.3) is 0 Å². The molecule has 0 fully saturated rings. The maximum atomic E-state index is 11.1. The first-order valence-corrected chi connectivity index (χ1v) is 7.28. The second kappa shape index (κ2) is 4.50. The summed E-state index contributed by atoms with van der Waals surface area (Å²) in [5, 5.41) is 3.93. The van der Waals surface area contributed by atoms with E-state index in [9.17, 15) is 8.42 Å². The Morgan fingerprint density at radius 1 is 1.47 bits per heavy atom. The van der Waals surface area contributed by atoms with Crippen LogP contribution in [0.15, 0.2) is 29.7 Å². The summed E-state index contributed by atoms with van der Waals surface area (Å²) in [4.78, 5) is 4.17. The summed E-state index contributed by atoms with van der Waals surface area (Å²) in [7, 11) is 1.50. The van der Waals surface area contributed by atoms with Crippen LogP contribution < -0.4 is 0 Å². The van der Waals surface area contributed by atoms with E-state index in [-0.39, 0.29) is 4.90 Å². The molecule has 0 bridgehead atoms. The Hall–Kier alpha value is -1.34. The van der Waals surface area contributed by atoms with E-state index in [1.807, 2.05) is 17.7 Å². The van der Waals surface area contributed by atoms with Gasteiger partial charge in [0.25, 0.3) is 9.05 Å². The molecule has 0 radical (unpaired) electrons. The highest BCUT2D eigenvalue weighted by Gasteiger charge is 2.13. The quantitative estimate of drug-likeness (QED) is 0.782. The topological polar surface area (TPSA) is 69.8 Å². The van der Waals surface area contributed by atoms with Crippen molar-refractivity contribution in [2.75, 3.05) is 0 Å². The number of nitrogens with zero attached hydrogens (tertiary/aromatic N) is 4. The van der Waals surface area contributed by atoms with Crippen LogP contribution in [0.1, 0.15) is 12.7 Å². The number of hydrogen-bond acceptors (Lipinski definition) is 4. The minimum Gasteiger partial charge on any atom is -0.334 e. The molecule has 0 spiro atoms. The summed E-state index contributed by atoms with van der Waals surface area (Å²) in [6.07, 6.45) is 6.16. The van der Waals surface area contributed by atoms with Crippen LogP contribution in [0.3, 0.4) is 0 Å². The first-order chi connectivity index (χ1) is 8.00. The van der Waals surface area contributed by atoms with E-state index >= 15 is 0 Å². The van der Waals surface area contributed by atoms with Gasteiger partial charge < -0.3 is 4.57 Å².